The molecule has 0 bridgehead atoms. The maximum atomic E-state index is 10.8. The minimum absolute atomic E-state index is 0.115. The molecule has 2 aromatic heterocycles. The van der Waals surface area contributed by atoms with Crippen molar-refractivity contribution in [2.45, 2.75) is 12.3 Å². The van der Waals surface area contributed by atoms with Crippen LogP contribution in [0.2, 0.25) is 0 Å². The Balaban J connectivity index is 2.32. The summed E-state index contributed by atoms with van der Waals surface area (Å²) in [6.07, 6.45) is 1.49. The SMILES string of the molecule is O=C(O)CC(c1ccccn1)c1nn[nH]n1. The largest absolute Gasteiger partial charge is 0.481 e. The van der Waals surface area contributed by atoms with E-state index in [1.54, 1.807) is 24.4 Å². The Hall–Kier alpha value is -2.31. The van der Waals surface area contributed by atoms with E-state index < -0.39 is 11.9 Å². The van der Waals surface area contributed by atoms with Crippen LogP contribution in [-0.2, 0) is 4.79 Å². The molecule has 0 fully saturated rings. The molecule has 7 heteroatoms. The van der Waals surface area contributed by atoms with Gasteiger partial charge in [-0.3, -0.25) is 9.78 Å². The summed E-state index contributed by atoms with van der Waals surface area (Å²) < 4.78 is 0. The van der Waals surface area contributed by atoms with Gasteiger partial charge in [0.2, 0.25) is 0 Å². The normalized spacial score (nSPS) is 12.2. The van der Waals surface area contributed by atoms with Gasteiger partial charge < -0.3 is 5.11 Å². The van der Waals surface area contributed by atoms with Crippen LogP contribution in [0.1, 0.15) is 23.9 Å². The molecule has 0 aromatic carbocycles. The molecule has 0 saturated carbocycles. The van der Waals surface area contributed by atoms with Gasteiger partial charge in [-0.15, -0.1) is 10.2 Å². The van der Waals surface area contributed by atoms with E-state index in [1.165, 1.54) is 0 Å². The number of aromatic amines is 1. The lowest BCUT2D eigenvalue weighted by Crippen LogP contribution is -2.11. The van der Waals surface area contributed by atoms with Crippen molar-refractivity contribution in [3.8, 4) is 0 Å². The fraction of sp³-hybridized carbons (Fsp3) is 0.222. The lowest BCUT2D eigenvalue weighted by Gasteiger charge is -2.09. The number of rotatable bonds is 4. The first-order chi connectivity index (χ1) is 7.77. The molecule has 16 heavy (non-hydrogen) atoms. The van der Waals surface area contributed by atoms with Crippen LogP contribution in [0.3, 0.4) is 0 Å². The smallest absolute Gasteiger partial charge is 0.304 e. The second-order valence-electron chi connectivity index (χ2n) is 3.18. The Kier molecular flexibility index (Phi) is 2.86. The number of carbonyl (C=O) groups is 1. The highest BCUT2D eigenvalue weighted by molar-refractivity contribution is 5.68. The molecule has 82 valence electrons. The first kappa shape index (κ1) is 10.2. The maximum Gasteiger partial charge on any atom is 0.304 e. The number of aromatic nitrogens is 5. The van der Waals surface area contributed by atoms with Gasteiger partial charge in [-0.25, -0.2) is 0 Å². The molecule has 0 radical (unpaired) electrons. The van der Waals surface area contributed by atoms with Gasteiger partial charge in [0.25, 0.3) is 0 Å². The van der Waals surface area contributed by atoms with Crippen molar-refractivity contribution in [2.75, 3.05) is 0 Å². The van der Waals surface area contributed by atoms with Crippen molar-refractivity contribution in [1.82, 2.24) is 25.6 Å². The van der Waals surface area contributed by atoms with Crippen molar-refractivity contribution in [1.29, 1.82) is 0 Å². The number of H-pyrrole nitrogens is 1. The summed E-state index contributed by atoms with van der Waals surface area (Å²) in [6, 6.07) is 5.29. The van der Waals surface area contributed by atoms with E-state index in [0.29, 0.717) is 11.5 Å². The summed E-state index contributed by atoms with van der Waals surface area (Å²) in [5.41, 5.74) is 0.617. The third-order valence-corrected chi connectivity index (χ3v) is 2.10. The van der Waals surface area contributed by atoms with E-state index in [-0.39, 0.29) is 6.42 Å². The fourth-order valence-electron chi connectivity index (χ4n) is 1.40. The zero-order valence-corrected chi connectivity index (χ0v) is 8.24. The predicted octanol–water partition coefficient (Wildman–Crippen LogP) is 0.201. The topological polar surface area (TPSA) is 105 Å². The molecule has 0 aliphatic heterocycles. The Morgan fingerprint density at radius 1 is 1.50 bits per heavy atom. The minimum atomic E-state index is -0.930. The van der Waals surface area contributed by atoms with E-state index >= 15 is 0 Å². The summed E-state index contributed by atoms with van der Waals surface area (Å²) in [6.45, 7) is 0. The number of nitrogens with zero attached hydrogens (tertiary/aromatic N) is 4. The van der Waals surface area contributed by atoms with E-state index in [9.17, 15) is 4.79 Å². The number of carboxylic acid groups (broad SMARTS) is 1. The average molecular weight is 219 g/mol. The number of hydrogen-bond donors (Lipinski definition) is 2. The van der Waals surface area contributed by atoms with Gasteiger partial charge in [0.15, 0.2) is 5.82 Å². The number of nitrogens with one attached hydrogen (secondary N) is 1. The average Bonchev–Trinajstić information content (AvgIpc) is 2.80. The molecular formula is C9H9N5O2. The molecule has 2 heterocycles. The van der Waals surface area contributed by atoms with Crippen LogP contribution < -0.4 is 0 Å². The molecule has 0 aliphatic carbocycles. The third kappa shape index (κ3) is 2.19. The number of aliphatic carboxylic acids is 1. The standard InChI is InChI=1S/C9H9N5O2/c15-8(16)5-6(9-11-13-14-12-9)7-3-1-2-4-10-7/h1-4,6H,5H2,(H,15,16)(H,11,12,13,14). The summed E-state index contributed by atoms with van der Waals surface area (Å²) in [5.74, 6) is -1.07. The number of carboxylic acids is 1. The Morgan fingerprint density at radius 3 is 2.94 bits per heavy atom. The van der Waals surface area contributed by atoms with Gasteiger partial charge in [0.05, 0.1) is 18.0 Å². The van der Waals surface area contributed by atoms with Crippen LogP contribution in [0, 0.1) is 0 Å². The van der Waals surface area contributed by atoms with Crippen LogP contribution in [-0.4, -0.2) is 36.7 Å². The van der Waals surface area contributed by atoms with Crippen molar-refractivity contribution < 1.29 is 9.90 Å². The Bertz CT molecular complexity index is 456. The second kappa shape index (κ2) is 4.47. The molecule has 0 saturated heterocycles. The lowest BCUT2D eigenvalue weighted by atomic mass is 10.0. The summed E-state index contributed by atoms with van der Waals surface area (Å²) >= 11 is 0. The van der Waals surface area contributed by atoms with Crippen molar-refractivity contribution >= 4 is 5.97 Å². The summed E-state index contributed by atoms with van der Waals surface area (Å²) in [5, 5.41) is 22.1. The first-order valence-corrected chi connectivity index (χ1v) is 4.63. The van der Waals surface area contributed by atoms with Gasteiger partial charge in [-0.05, 0) is 12.1 Å². The molecule has 2 aromatic rings. The highest BCUT2D eigenvalue weighted by atomic mass is 16.4. The Labute approximate surface area is 90.5 Å². The summed E-state index contributed by atoms with van der Waals surface area (Å²) in [4.78, 5) is 14.9. The van der Waals surface area contributed by atoms with Crippen LogP contribution in [0.15, 0.2) is 24.4 Å². The van der Waals surface area contributed by atoms with Crippen LogP contribution >= 0.6 is 0 Å². The van der Waals surface area contributed by atoms with Gasteiger partial charge >= 0.3 is 5.97 Å². The van der Waals surface area contributed by atoms with E-state index in [4.69, 9.17) is 5.11 Å². The molecule has 0 amide bonds. The lowest BCUT2D eigenvalue weighted by molar-refractivity contribution is -0.137. The molecule has 2 rings (SSSR count). The fourth-order valence-corrected chi connectivity index (χ4v) is 1.40. The first-order valence-electron chi connectivity index (χ1n) is 4.63. The van der Waals surface area contributed by atoms with Gasteiger partial charge in [-0.1, -0.05) is 11.3 Å². The molecule has 0 spiro atoms. The molecule has 0 aliphatic rings. The molecule has 1 unspecified atom stereocenters. The quantitative estimate of drug-likeness (QED) is 0.761. The van der Waals surface area contributed by atoms with E-state index in [2.05, 4.69) is 25.6 Å². The predicted molar refractivity (Wildman–Crippen MR) is 52.5 cm³/mol. The zero-order chi connectivity index (χ0) is 11.4. The second-order valence-corrected chi connectivity index (χ2v) is 3.18. The maximum absolute atomic E-state index is 10.8. The highest BCUT2D eigenvalue weighted by Gasteiger charge is 2.22. The van der Waals surface area contributed by atoms with E-state index in [1.807, 2.05) is 0 Å². The van der Waals surface area contributed by atoms with Crippen molar-refractivity contribution in [3.63, 3.8) is 0 Å². The molecule has 7 nitrogen and oxygen atoms in total. The van der Waals surface area contributed by atoms with Gasteiger partial charge in [0.1, 0.15) is 0 Å². The molecule has 2 N–H and O–H groups in total. The van der Waals surface area contributed by atoms with Gasteiger partial charge in [0, 0.05) is 6.20 Å². The molecular weight excluding hydrogens is 210 g/mol. The van der Waals surface area contributed by atoms with Crippen LogP contribution in [0.25, 0.3) is 0 Å². The summed E-state index contributed by atoms with van der Waals surface area (Å²) in [7, 11) is 0. The van der Waals surface area contributed by atoms with E-state index in [0.717, 1.165) is 0 Å². The van der Waals surface area contributed by atoms with Crippen LogP contribution in [0.4, 0.5) is 0 Å². The minimum Gasteiger partial charge on any atom is -0.481 e. The van der Waals surface area contributed by atoms with Gasteiger partial charge in [-0.2, -0.15) is 5.21 Å². The van der Waals surface area contributed by atoms with Crippen molar-refractivity contribution in [3.05, 3.63) is 35.9 Å². The Morgan fingerprint density at radius 2 is 2.38 bits per heavy atom. The third-order valence-electron chi connectivity index (χ3n) is 2.10. The van der Waals surface area contributed by atoms with Crippen LogP contribution in [0.5, 0.6) is 0 Å². The zero-order valence-electron chi connectivity index (χ0n) is 8.24. The number of pyridine rings is 1. The van der Waals surface area contributed by atoms with Crippen molar-refractivity contribution in [2.24, 2.45) is 0 Å². The number of tetrazole rings is 1. The molecule has 1 atom stereocenters. The highest BCUT2D eigenvalue weighted by Crippen LogP contribution is 2.22. The monoisotopic (exact) mass is 219 g/mol. The number of hydrogen-bond acceptors (Lipinski definition) is 5.